The molecule has 1 aliphatic rings. The van der Waals surface area contributed by atoms with E-state index in [9.17, 15) is 0 Å². The zero-order valence-electron chi connectivity index (χ0n) is 12.6. The highest BCUT2D eigenvalue weighted by Gasteiger charge is 2.10. The van der Waals surface area contributed by atoms with Crippen molar-refractivity contribution in [1.29, 1.82) is 0 Å². The number of anilines is 1. The zero-order valence-corrected chi connectivity index (χ0v) is 12.6. The maximum atomic E-state index is 4.34. The SMILES string of the molecule is CC(Cc1ccc2c(c1)CCCN2)NCc1ccccn1. The molecule has 2 N–H and O–H groups in total. The second kappa shape index (κ2) is 6.72. The standard InChI is InChI=1S/C18H23N3/c1-14(21-13-17-6-2-3-9-19-17)11-15-7-8-18-16(12-15)5-4-10-20-18/h2-3,6-9,12,14,20-21H,4-5,10-11,13H2,1H3. The van der Waals surface area contributed by atoms with Crippen LogP contribution in [0.5, 0.6) is 0 Å². The lowest BCUT2D eigenvalue weighted by Gasteiger charge is -2.20. The predicted octanol–water partition coefficient (Wildman–Crippen LogP) is 3.16. The van der Waals surface area contributed by atoms with Crippen LogP contribution in [0.25, 0.3) is 0 Å². The predicted molar refractivity (Wildman–Crippen MR) is 87.5 cm³/mol. The number of hydrogen-bond acceptors (Lipinski definition) is 3. The molecule has 3 rings (SSSR count). The van der Waals surface area contributed by atoms with Crippen molar-refractivity contribution in [2.75, 3.05) is 11.9 Å². The Kier molecular flexibility index (Phi) is 4.51. The lowest BCUT2D eigenvalue weighted by Crippen LogP contribution is -2.28. The summed E-state index contributed by atoms with van der Waals surface area (Å²) in [4.78, 5) is 4.34. The van der Waals surface area contributed by atoms with E-state index in [1.54, 1.807) is 0 Å². The van der Waals surface area contributed by atoms with Gasteiger partial charge in [0.15, 0.2) is 0 Å². The number of hydrogen-bond donors (Lipinski definition) is 2. The molecule has 1 aliphatic heterocycles. The molecule has 1 aromatic heterocycles. The highest BCUT2D eigenvalue weighted by atomic mass is 14.9. The first kappa shape index (κ1) is 14.1. The minimum Gasteiger partial charge on any atom is -0.385 e. The van der Waals surface area contributed by atoms with E-state index in [4.69, 9.17) is 0 Å². The van der Waals surface area contributed by atoms with Crippen LogP contribution in [-0.2, 0) is 19.4 Å². The molecule has 0 bridgehead atoms. The molecular weight excluding hydrogens is 258 g/mol. The van der Waals surface area contributed by atoms with Gasteiger partial charge in [0.2, 0.25) is 0 Å². The van der Waals surface area contributed by atoms with Crippen LogP contribution in [0.15, 0.2) is 42.6 Å². The fourth-order valence-electron chi connectivity index (χ4n) is 2.86. The van der Waals surface area contributed by atoms with Crippen molar-refractivity contribution < 1.29 is 0 Å². The molecule has 2 heterocycles. The Morgan fingerprint density at radius 2 is 2.24 bits per heavy atom. The lowest BCUT2D eigenvalue weighted by molar-refractivity contribution is 0.540. The molecule has 1 unspecified atom stereocenters. The number of fused-ring (bicyclic) bond motifs is 1. The van der Waals surface area contributed by atoms with Gasteiger partial charge < -0.3 is 10.6 Å². The third-order valence-electron chi connectivity index (χ3n) is 4.01. The molecule has 3 heteroatoms. The Balaban J connectivity index is 1.56. The van der Waals surface area contributed by atoms with Gasteiger partial charge in [0, 0.05) is 31.0 Å². The summed E-state index contributed by atoms with van der Waals surface area (Å²) in [5.74, 6) is 0. The van der Waals surface area contributed by atoms with Crippen LogP contribution in [0.1, 0.15) is 30.2 Å². The van der Waals surface area contributed by atoms with E-state index >= 15 is 0 Å². The highest BCUT2D eigenvalue weighted by Crippen LogP contribution is 2.23. The average Bonchev–Trinajstić information content (AvgIpc) is 2.54. The van der Waals surface area contributed by atoms with Crippen molar-refractivity contribution in [3.05, 3.63) is 59.4 Å². The third-order valence-corrected chi connectivity index (χ3v) is 4.01. The van der Waals surface area contributed by atoms with Crippen LogP contribution in [0.2, 0.25) is 0 Å². The van der Waals surface area contributed by atoms with Crippen LogP contribution < -0.4 is 10.6 Å². The fraction of sp³-hybridized carbons (Fsp3) is 0.389. The van der Waals surface area contributed by atoms with Gasteiger partial charge in [-0.2, -0.15) is 0 Å². The molecule has 21 heavy (non-hydrogen) atoms. The molecule has 0 fully saturated rings. The number of pyridine rings is 1. The minimum absolute atomic E-state index is 0.446. The number of aryl methyl sites for hydroxylation is 1. The van der Waals surface area contributed by atoms with Crippen LogP contribution in [0.4, 0.5) is 5.69 Å². The largest absolute Gasteiger partial charge is 0.385 e. The van der Waals surface area contributed by atoms with Crippen LogP contribution in [0, 0.1) is 0 Å². The maximum absolute atomic E-state index is 4.34. The number of nitrogens with zero attached hydrogens (tertiary/aromatic N) is 1. The van der Waals surface area contributed by atoms with Gasteiger partial charge in [0.1, 0.15) is 0 Å². The van der Waals surface area contributed by atoms with E-state index in [1.807, 2.05) is 18.3 Å². The summed E-state index contributed by atoms with van der Waals surface area (Å²) in [5, 5.41) is 7.02. The van der Waals surface area contributed by atoms with Gasteiger partial charge in [-0.05, 0) is 55.5 Å². The average molecular weight is 281 g/mol. The molecule has 0 aliphatic carbocycles. The van der Waals surface area contributed by atoms with Crippen molar-refractivity contribution >= 4 is 5.69 Å². The summed E-state index contributed by atoms with van der Waals surface area (Å²) in [6.45, 7) is 4.17. The van der Waals surface area contributed by atoms with Crippen LogP contribution in [-0.4, -0.2) is 17.6 Å². The first-order valence-electron chi connectivity index (χ1n) is 7.80. The first-order chi connectivity index (χ1) is 10.3. The molecule has 1 aromatic carbocycles. The Labute approximate surface area is 126 Å². The number of benzene rings is 1. The quantitative estimate of drug-likeness (QED) is 0.884. The monoisotopic (exact) mass is 281 g/mol. The van der Waals surface area contributed by atoms with Gasteiger partial charge in [0.25, 0.3) is 0 Å². The molecule has 2 aromatic rings. The van der Waals surface area contributed by atoms with Gasteiger partial charge in [-0.15, -0.1) is 0 Å². The Hall–Kier alpha value is -1.87. The van der Waals surface area contributed by atoms with E-state index in [-0.39, 0.29) is 0 Å². The van der Waals surface area contributed by atoms with Gasteiger partial charge in [-0.3, -0.25) is 4.98 Å². The summed E-state index contributed by atoms with van der Waals surface area (Å²) in [5.41, 5.74) is 5.30. The Bertz CT molecular complexity index is 580. The molecule has 0 spiro atoms. The van der Waals surface area contributed by atoms with Crippen molar-refractivity contribution in [2.24, 2.45) is 0 Å². The zero-order chi connectivity index (χ0) is 14.5. The first-order valence-corrected chi connectivity index (χ1v) is 7.80. The summed E-state index contributed by atoms with van der Waals surface area (Å²) in [6, 6.07) is 13.3. The summed E-state index contributed by atoms with van der Waals surface area (Å²) < 4.78 is 0. The van der Waals surface area contributed by atoms with E-state index in [2.05, 4.69) is 46.8 Å². The van der Waals surface area contributed by atoms with Gasteiger partial charge in [-0.1, -0.05) is 18.2 Å². The fourth-order valence-corrected chi connectivity index (χ4v) is 2.86. The summed E-state index contributed by atoms with van der Waals surface area (Å²) in [6.07, 6.45) is 5.34. The molecule has 0 saturated heterocycles. The second-order valence-electron chi connectivity index (χ2n) is 5.83. The third kappa shape index (κ3) is 3.82. The van der Waals surface area contributed by atoms with E-state index in [0.29, 0.717) is 6.04 Å². The van der Waals surface area contributed by atoms with Crippen molar-refractivity contribution in [1.82, 2.24) is 10.3 Å². The summed E-state index contributed by atoms with van der Waals surface area (Å²) >= 11 is 0. The Morgan fingerprint density at radius 1 is 1.29 bits per heavy atom. The normalized spacial score (nSPS) is 15.1. The molecule has 110 valence electrons. The summed E-state index contributed by atoms with van der Waals surface area (Å²) in [7, 11) is 0. The Morgan fingerprint density at radius 3 is 3.10 bits per heavy atom. The molecular formula is C18H23N3. The van der Waals surface area contributed by atoms with E-state index < -0.39 is 0 Å². The topological polar surface area (TPSA) is 37.0 Å². The van der Waals surface area contributed by atoms with Crippen molar-refractivity contribution in [3.63, 3.8) is 0 Å². The maximum Gasteiger partial charge on any atom is 0.0541 e. The smallest absolute Gasteiger partial charge is 0.0541 e. The molecule has 0 saturated carbocycles. The van der Waals surface area contributed by atoms with Crippen molar-refractivity contribution in [2.45, 2.75) is 38.8 Å². The number of aromatic nitrogens is 1. The van der Waals surface area contributed by atoms with Crippen LogP contribution >= 0.6 is 0 Å². The van der Waals surface area contributed by atoms with E-state index in [0.717, 1.165) is 25.2 Å². The van der Waals surface area contributed by atoms with Gasteiger partial charge in [0.05, 0.1) is 5.69 Å². The highest BCUT2D eigenvalue weighted by molar-refractivity contribution is 5.54. The molecule has 0 radical (unpaired) electrons. The number of nitrogens with one attached hydrogen (secondary N) is 2. The van der Waals surface area contributed by atoms with Gasteiger partial charge in [-0.25, -0.2) is 0 Å². The molecule has 0 amide bonds. The van der Waals surface area contributed by atoms with Gasteiger partial charge >= 0.3 is 0 Å². The van der Waals surface area contributed by atoms with E-state index in [1.165, 1.54) is 29.7 Å². The molecule has 3 nitrogen and oxygen atoms in total. The molecule has 1 atom stereocenters. The van der Waals surface area contributed by atoms with Crippen LogP contribution in [0.3, 0.4) is 0 Å². The minimum atomic E-state index is 0.446. The lowest BCUT2D eigenvalue weighted by atomic mass is 9.98. The number of rotatable bonds is 5. The second-order valence-corrected chi connectivity index (χ2v) is 5.83. The van der Waals surface area contributed by atoms with Crippen molar-refractivity contribution in [3.8, 4) is 0 Å².